The Labute approximate surface area is 119 Å². The Balaban J connectivity index is 1.88. The molecule has 1 aromatic rings. The van der Waals surface area contributed by atoms with E-state index in [1.165, 1.54) is 19.3 Å². The third-order valence-corrected chi connectivity index (χ3v) is 4.20. The third-order valence-electron chi connectivity index (χ3n) is 4.20. The lowest BCUT2D eigenvalue weighted by Crippen LogP contribution is -2.43. The summed E-state index contributed by atoms with van der Waals surface area (Å²) in [7, 11) is 0. The quantitative estimate of drug-likeness (QED) is 0.828. The van der Waals surface area contributed by atoms with Crippen molar-refractivity contribution < 1.29 is 14.7 Å². The molecular weight excluding hydrogens is 256 g/mol. The van der Waals surface area contributed by atoms with Gasteiger partial charge in [0, 0.05) is 6.04 Å². The Morgan fingerprint density at radius 1 is 1.15 bits per heavy atom. The zero-order chi connectivity index (χ0) is 13.9. The van der Waals surface area contributed by atoms with Crippen molar-refractivity contribution in [3.8, 4) is 11.5 Å². The van der Waals surface area contributed by atoms with Crippen molar-refractivity contribution in [3.05, 3.63) is 23.8 Å². The molecule has 20 heavy (non-hydrogen) atoms. The van der Waals surface area contributed by atoms with Crippen molar-refractivity contribution in [3.63, 3.8) is 0 Å². The van der Waals surface area contributed by atoms with Crippen LogP contribution in [0.15, 0.2) is 18.2 Å². The minimum atomic E-state index is -0.0338. The normalized spacial score (nSPS) is 21.7. The monoisotopic (exact) mass is 278 g/mol. The molecule has 2 aliphatic heterocycles. The highest BCUT2D eigenvalue weighted by molar-refractivity contribution is 5.45. The van der Waals surface area contributed by atoms with Gasteiger partial charge in [-0.25, -0.2) is 5.48 Å². The number of hydrogen-bond acceptors (Lipinski definition) is 5. The van der Waals surface area contributed by atoms with E-state index in [-0.39, 0.29) is 12.1 Å². The summed E-state index contributed by atoms with van der Waals surface area (Å²) < 4.78 is 10.8. The average molecular weight is 278 g/mol. The Bertz CT molecular complexity index is 460. The molecule has 110 valence electrons. The van der Waals surface area contributed by atoms with E-state index in [0.29, 0.717) is 6.79 Å². The molecule has 0 spiro atoms. The van der Waals surface area contributed by atoms with Crippen molar-refractivity contribution in [1.29, 1.82) is 0 Å². The Kier molecular flexibility index (Phi) is 4.10. The summed E-state index contributed by atoms with van der Waals surface area (Å²) in [5.41, 5.74) is 3.57. The molecule has 1 saturated heterocycles. The summed E-state index contributed by atoms with van der Waals surface area (Å²) in [4.78, 5) is 2.44. The fraction of sp³-hybridized carbons (Fsp3) is 0.600. The van der Waals surface area contributed by atoms with Gasteiger partial charge in [0.05, 0.1) is 6.04 Å². The molecule has 1 fully saturated rings. The molecule has 1 unspecified atom stereocenters. The van der Waals surface area contributed by atoms with E-state index in [4.69, 9.17) is 9.47 Å². The summed E-state index contributed by atoms with van der Waals surface area (Å²) in [6.45, 7) is 4.45. The van der Waals surface area contributed by atoms with Crippen LogP contribution in [-0.2, 0) is 0 Å². The van der Waals surface area contributed by atoms with E-state index in [0.717, 1.165) is 30.2 Å². The van der Waals surface area contributed by atoms with Crippen LogP contribution in [0.1, 0.15) is 37.8 Å². The lowest BCUT2D eigenvalue weighted by molar-refractivity contribution is 0.0588. The number of ether oxygens (including phenoxy) is 2. The molecular formula is C15H22N2O3. The molecule has 0 aliphatic carbocycles. The van der Waals surface area contributed by atoms with Crippen LogP contribution in [0.25, 0.3) is 0 Å². The number of nitrogens with one attached hydrogen (secondary N) is 1. The van der Waals surface area contributed by atoms with Gasteiger partial charge >= 0.3 is 0 Å². The second-order valence-electron chi connectivity index (χ2n) is 5.57. The fourth-order valence-corrected chi connectivity index (χ4v) is 3.18. The molecule has 0 radical (unpaired) electrons. The molecule has 0 aromatic heterocycles. The van der Waals surface area contributed by atoms with Crippen LogP contribution in [-0.4, -0.2) is 36.0 Å². The van der Waals surface area contributed by atoms with Gasteiger partial charge < -0.3 is 14.7 Å². The number of rotatable bonds is 4. The predicted octanol–water partition coefficient (Wildman–Crippen LogP) is 2.31. The highest BCUT2D eigenvalue weighted by Gasteiger charge is 2.28. The first-order valence-electron chi connectivity index (χ1n) is 7.33. The first-order chi connectivity index (χ1) is 9.79. The van der Waals surface area contributed by atoms with Crippen molar-refractivity contribution in [2.75, 3.05) is 19.9 Å². The third kappa shape index (κ3) is 2.61. The number of benzene rings is 1. The zero-order valence-corrected chi connectivity index (χ0v) is 11.8. The van der Waals surface area contributed by atoms with Crippen molar-refractivity contribution in [2.45, 2.75) is 38.3 Å². The lowest BCUT2D eigenvalue weighted by atomic mass is 9.96. The molecule has 2 heterocycles. The Morgan fingerprint density at radius 3 is 2.65 bits per heavy atom. The maximum absolute atomic E-state index is 9.36. The van der Waals surface area contributed by atoms with Gasteiger partial charge in [0.1, 0.15) is 0 Å². The molecule has 2 atom stereocenters. The second-order valence-corrected chi connectivity index (χ2v) is 5.57. The van der Waals surface area contributed by atoms with E-state index < -0.39 is 0 Å². The van der Waals surface area contributed by atoms with Gasteiger partial charge in [0.25, 0.3) is 0 Å². The smallest absolute Gasteiger partial charge is 0.231 e. The minimum absolute atomic E-state index is 0.0338. The largest absolute Gasteiger partial charge is 0.454 e. The SMILES string of the molecule is C[C@@H](NO)C(c1ccc2c(c1)OCO2)N1CCCCC1. The maximum atomic E-state index is 9.36. The first-order valence-corrected chi connectivity index (χ1v) is 7.33. The van der Waals surface area contributed by atoms with Crippen molar-refractivity contribution >= 4 is 0 Å². The number of hydrogen-bond donors (Lipinski definition) is 2. The number of likely N-dealkylation sites (tertiary alicyclic amines) is 1. The summed E-state index contributed by atoms with van der Waals surface area (Å²) in [6, 6.07) is 6.18. The molecule has 1 aromatic carbocycles. The number of nitrogens with zero attached hydrogens (tertiary/aromatic N) is 1. The highest BCUT2D eigenvalue weighted by Crippen LogP contribution is 2.37. The van der Waals surface area contributed by atoms with Crippen LogP contribution in [0.2, 0.25) is 0 Å². The van der Waals surface area contributed by atoms with Crippen LogP contribution in [0.4, 0.5) is 0 Å². The molecule has 2 aliphatic rings. The minimum Gasteiger partial charge on any atom is -0.454 e. The van der Waals surface area contributed by atoms with E-state index in [2.05, 4.69) is 16.4 Å². The standard InChI is InChI=1S/C15H22N2O3/c1-11(16-18)15(17-7-3-2-4-8-17)12-5-6-13-14(9-12)20-10-19-13/h5-6,9,11,15-16,18H,2-4,7-8,10H2,1H3/t11-,15?/m1/s1. The van der Waals surface area contributed by atoms with Crippen LogP contribution in [0.5, 0.6) is 11.5 Å². The second kappa shape index (κ2) is 5.99. The molecule has 3 rings (SSSR count). The van der Waals surface area contributed by atoms with E-state index in [1.54, 1.807) is 0 Å². The number of piperidine rings is 1. The van der Waals surface area contributed by atoms with E-state index in [1.807, 2.05) is 19.1 Å². The first kappa shape index (κ1) is 13.7. The van der Waals surface area contributed by atoms with Crippen LogP contribution >= 0.6 is 0 Å². The van der Waals surface area contributed by atoms with Gasteiger partial charge in [-0.2, -0.15) is 0 Å². The zero-order valence-electron chi connectivity index (χ0n) is 11.8. The summed E-state index contributed by atoms with van der Waals surface area (Å²) in [5.74, 6) is 1.60. The van der Waals surface area contributed by atoms with Crippen molar-refractivity contribution in [2.24, 2.45) is 0 Å². The molecule has 0 saturated carbocycles. The molecule has 0 amide bonds. The van der Waals surface area contributed by atoms with Gasteiger partial charge in [-0.3, -0.25) is 4.90 Å². The van der Waals surface area contributed by atoms with Gasteiger partial charge in [-0.1, -0.05) is 12.5 Å². The molecule has 2 N–H and O–H groups in total. The van der Waals surface area contributed by atoms with Gasteiger partial charge in [0.2, 0.25) is 6.79 Å². The van der Waals surface area contributed by atoms with Crippen molar-refractivity contribution in [1.82, 2.24) is 10.4 Å². The van der Waals surface area contributed by atoms with Crippen LogP contribution in [0.3, 0.4) is 0 Å². The Morgan fingerprint density at radius 2 is 1.90 bits per heavy atom. The molecule has 0 bridgehead atoms. The van der Waals surface area contributed by atoms with E-state index >= 15 is 0 Å². The van der Waals surface area contributed by atoms with Gasteiger partial charge in [-0.05, 0) is 50.6 Å². The summed E-state index contributed by atoms with van der Waals surface area (Å²) >= 11 is 0. The van der Waals surface area contributed by atoms with Gasteiger partial charge in [-0.15, -0.1) is 0 Å². The average Bonchev–Trinajstić information content (AvgIpc) is 2.96. The summed E-state index contributed by atoms with van der Waals surface area (Å²) in [5, 5.41) is 9.36. The highest BCUT2D eigenvalue weighted by atomic mass is 16.7. The van der Waals surface area contributed by atoms with Crippen LogP contribution in [0, 0.1) is 0 Å². The van der Waals surface area contributed by atoms with Crippen LogP contribution < -0.4 is 15.0 Å². The van der Waals surface area contributed by atoms with Gasteiger partial charge in [0.15, 0.2) is 11.5 Å². The van der Waals surface area contributed by atoms with E-state index in [9.17, 15) is 5.21 Å². The maximum Gasteiger partial charge on any atom is 0.231 e. The molecule has 5 heteroatoms. The molecule has 5 nitrogen and oxygen atoms in total. The Hall–Kier alpha value is -1.30. The summed E-state index contributed by atoms with van der Waals surface area (Å²) in [6.07, 6.45) is 3.74. The lowest BCUT2D eigenvalue weighted by Gasteiger charge is -2.37. The topological polar surface area (TPSA) is 54.0 Å². The predicted molar refractivity (Wildman–Crippen MR) is 75.1 cm³/mol. The number of fused-ring (bicyclic) bond motifs is 1. The fourth-order valence-electron chi connectivity index (χ4n) is 3.18. The number of hydroxylamine groups is 1.